The molecule has 4 rings (SSSR count). The number of anilines is 1. The van der Waals surface area contributed by atoms with E-state index in [-0.39, 0.29) is 11.9 Å². The average Bonchev–Trinajstić information content (AvgIpc) is 3.03. The molecule has 3 heterocycles. The summed E-state index contributed by atoms with van der Waals surface area (Å²) in [6.07, 6.45) is 3.27. The number of nitrogens with zero attached hydrogens (tertiary/aromatic N) is 5. The van der Waals surface area contributed by atoms with Crippen molar-refractivity contribution in [3.63, 3.8) is 0 Å². The van der Waals surface area contributed by atoms with E-state index in [4.69, 9.17) is 9.68 Å². The number of oxazole rings is 1. The molecule has 0 aliphatic carbocycles. The predicted molar refractivity (Wildman–Crippen MR) is 72.2 cm³/mol. The van der Waals surface area contributed by atoms with Crippen LogP contribution in [-0.4, -0.2) is 27.9 Å². The van der Waals surface area contributed by atoms with Gasteiger partial charge in [0, 0.05) is 25.4 Å². The van der Waals surface area contributed by atoms with Crippen molar-refractivity contribution in [2.75, 3.05) is 18.0 Å². The lowest BCUT2D eigenvalue weighted by molar-refractivity contribution is 0.347. The van der Waals surface area contributed by atoms with Gasteiger partial charge in [0.05, 0.1) is 17.8 Å². The highest BCUT2D eigenvalue weighted by molar-refractivity contribution is 5.74. The van der Waals surface area contributed by atoms with Gasteiger partial charge in [-0.2, -0.15) is 15.3 Å². The van der Waals surface area contributed by atoms with Crippen molar-refractivity contribution < 1.29 is 8.81 Å². The maximum Gasteiger partial charge on any atom is 0.298 e. The van der Waals surface area contributed by atoms with E-state index in [9.17, 15) is 4.39 Å². The van der Waals surface area contributed by atoms with Crippen LogP contribution < -0.4 is 4.90 Å². The summed E-state index contributed by atoms with van der Waals surface area (Å²) in [5, 5.41) is 12.9. The van der Waals surface area contributed by atoms with Crippen molar-refractivity contribution >= 4 is 17.1 Å². The Bertz CT molecular complexity index is 856. The van der Waals surface area contributed by atoms with Crippen LogP contribution >= 0.6 is 0 Å². The second kappa shape index (κ2) is 4.31. The van der Waals surface area contributed by atoms with Crippen molar-refractivity contribution in [1.82, 2.24) is 14.8 Å². The summed E-state index contributed by atoms with van der Waals surface area (Å²) >= 11 is 0. The van der Waals surface area contributed by atoms with E-state index in [1.54, 1.807) is 23.1 Å². The van der Waals surface area contributed by atoms with Gasteiger partial charge in [-0.1, -0.05) is 0 Å². The van der Waals surface area contributed by atoms with Gasteiger partial charge in [-0.05, 0) is 12.1 Å². The van der Waals surface area contributed by atoms with Crippen LogP contribution in [0.2, 0.25) is 0 Å². The largest absolute Gasteiger partial charge is 0.423 e. The van der Waals surface area contributed by atoms with Crippen molar-refractivity contribution in [1.29, 1.82) is 5.26 Å². The van der Waals surface area contributed by atoms with Gasteiger partial charge in [0.25, 0.3) is 6.01 Å². The Balaban J connectivity index is 1.52. The Morgan fingerprint density at radius 3 is 3.00 bits per heavy atom. The SMILES string of the molecule is N#Cc1cnn(C2CN(c3nc4cc(F)ccc4o3)C2)c1. The maximum atomic E-state index is 13.1. The fourth-order valence-corrected chi connectivity index (χ4v) is 2.40. The molecule has 104 valence electrons. The van der Waals surface area contributed by atoms with Crippen LogP contribution in [0, 0.1) is 17.1 Å². The molecule has 1 saturated heterocycles. The summed E-state index contributed by atoms with van der Waals surface area (Å²) in [5.41, 5.74) is 1.63. The normalized spacial score (nSPS) is 15.1. The summed E-state index contributed by atoms with van der Waals surface area (Å²) < 4.78 is 20.5. The van der Waals surface area contributed by atoms with Crippen molar-refractivity contribution in [2.45, 2.75) is 6.04 Å². The van der Waals surface area contributed by atoms with Crippen LogP contribution in [0.4, 0.5) is 10.4 Å². The van der Waals surface area contributed by atoms with E-state index >= 15 is 0 Å². The molecule has 3 aromatic rings. The summed E-state index contributed by atoms with van der Waals surface area (Å²) in [4.78, 5) is 6.24. The third-order valence-electron chi connectivity index (χ3n) is 3.58. The van der Waals surface area contributed by atoms with E-state index in [1.807, 2.05) is 4.90 Å². The number of benzene rings is 1. The number of nitriles is 1. The van der Waals surface area contributed by atoms with Crippen LogP contribution in [0.1, 0.15) is 11.6 Å². The molecule has 0 atom stereocenters. The fraction of sp³-hybridized carbons (Fsp3) is 0.214. The van der Waals surface area contributed by atoms with E-state index in [0.717, 1.165) is 0 Å². The van der Waals surface area contributed by atoms with Gasteiger partial charge >= 0.3 is 0 Å². The van der Waals surface area contributed by atoms with Crippen LogP contribution in [0.25, 0.3) is 11.1 Å². The molecule has 2 aromatic heterocycles. The minimum absolute atomic E-state index is 0.193. The molecule has 0 unspecified atom stereocenters. The highest BCUT2D eigenvalue weighted by Crippen LogP contribution is 2.29. The molecule has 0 bridgehead atoms. The zero-order chi connectivity index (χ0) is 14.4. The number of halogens is 1. The van der Waals surface area contributed by atoms with Crippen molar-refractivity contribution in [2.24, 2.45) is 0 Å². The quantitative estimate of drug-likeness (QED) is 0.720. The average molecular weight is 283 g/mol. The molecular formula is C14H10FN5O. The molecule has 21 heavy (non-hydrogen) atoms. The molecule has 0 saturated carbocycles. The zero-order valence-electron chi connectivity index (χ0n) is 10.9. The lowest BCUT2D eigenvalue weighted by atomic mass is 10.1. The lowest BCUT2D eigenvalue weighted by Crippen LogP contribution is -2.48. The summed E-state index contributed by atoms with van der Waals surface area (Å²) in [6, 6.07) is 7.01. The molecule has 0 N–H and O–H groups in total. The summed E-state index contributed by atoms with van der Waals surface area (Å²) in [7, 11) is 0. The standard InChI is InChI=1S/C14H10FN5O/c15-10-1-2-13-12(3-10)18-14(21-13)19-7-11(8-19)20-6-9(4-16)5-17-20/h1-3,5-6,11H,7-8H2. The Morgan fingerprint density at radius 2 is 2.24 bits per heavy atom. The van der Waals surface area contributed by atoms with E-state index in [0.29, 0.717) is 35.8 Å². The Hall–Kier alpha value is -2.88. The topological polar surface area (TPSA) is 70.9 Å². The molecule has 6 nitrogen and oxygen atoms in total. The van der Waals surface area contributed by atoms with Crippen LogP contribution in [0.15, 0.2) is 35.0 Å². The number of rotatable bonds is 2. The smallest absolute Gasteiger partial charge is 0.298 e. The molecule has 1 aliphatic heterocycles. The van der Waals surface area contributed by atoms with Crippen molar-refractivity contribution in [3.8, 4) is 6.07 Å². The van der Waals surface area contributed by atoms with Crippen LogP contribution in [-0.2, 0) is 0 Å². The third-order valence-corrected chi connectivity index (χ3v) is 3.58. The first kappa shape index (κ1) is 11.9. The Labute approximate surface area is 119 Å². The highest BCUT2D eigenvalue weighted by Gasteiger charge is 2.32. The minimum atomic E-state index is -0.329. The fourth-order valence-electron chi connectivity index (χ4n) is 2.40. The van der Waals surface area contributed by atoms with Gasteiger partial charge in [-0.25, -0.2) is 4.39 Å². The number of aromatic nitrogens is 3. The number of hydrogen-bond acceptors (Lipinski definition) is 5. The van der Waals surface area contributed by atoms with Crippen molar-refractivity contribution in [3.05, 3.63) is 42.0 Å². The predicted octanol–water partition coefficient (Wildman–Crippen LogP) is 2.10. The second-order valence-corrected chi connectivity index (χ2v) is 4.99. The molecule has 0 radical (unpaired) electrons. The minimum Gasteiger partial charge on any atom is -0.423 e. The third kappa shape index (κ3) is 1.92. The van der Waals surface area contributed by atoms with E-state index in [2.05, 4.69) is 16.2 Å². The number of fused-ring (bicyclic) bond motifs is 1. The first-order valence-corrected chi connectivity index (χ1v) is 6.48. The van der Waals surface area contributed by atoms with Gasteiger partial charge in [0.1, 0.15) is 17.4 Å². The zero-order valence-corrected chi connectivity index (χ0v) is 10.9. The van der Waals surface area contributed by atoms with E-state index < -0.39 is 0 Å². The lowest BCUT2D eigenvalue weighted by Gasteiger charge is -2.37. The van der Waals surface area contributed by atoms with Gasteiger partial charge in [0.2, 0.25) is 0 Å². The molecule has 1 aromatic carbocycles. The molecule has 1 aliphatic rings. The first-order valence-electron chi connectivity index (χ1n) is 6.48. The highest BCUT2D eigenvalue weighted by atomic mass is 19.1. The first-order chi connectivity index (χ1) is 10.2. The van der Waals surface area contributed by atoms with Gasteiger partial charge in [-0.15, -0.1) is 0 Å². The Morgan fingerprint density at radius 1 is 1.38 bits per heavy atom. The van der Waals surface area contributed by atoms with E-state index in [1.165, 1.54) is 12.1 Å². The number of hydrogen-bond donors (Lipinski definition) is 0. The Kier molecular flexibility index (Phi) is 2.44. The molecule has 1 fully saturated rings. The second-order valence-electron chi connectivity index (χ2n) is 4.99. The van der Waals surface area contributed by atoms with Crippen LogP contribution in [0.3, 0.4) is 0 Å². The maximum absolute atomic E-state index is 13.1. The molecule has 7 heteroatoms. The van der Waals surface area contributed by atoms with Crippen LogP contribution in [0.5, 0.6) is 0 Å². The van der Waals surface area contributed by atoms with Gasteiger partial charge in [-0.3, -0.25) is 4.68 Å². The molecule has 0 spiro atoms. The summed E-state index contributed by atoms with van der Waals surface area (Å²) in [5.74, 6) is -0.329. The molecular weight excluding hydrogens is 273 g/mol. The van der Waals surface area contributed by atoms with Gasteiger partial charge < -0.3 is 9.32 Å². The monoisotopic (exact) mass is 283 g/mol. The molecule has 0 amide bonds. The van der Waals surface area contributed by atoms with Gasteiger partial charge in [0.15, 0.2) is 5.58 Å². The summed E-state index contributed by atoms with van der Waals surface area (Å²) in [6.45, 7) is 1.39.